The van der Waals surface area contributed by atoms with Gasteiger partial charge in [0.2, 0.25) is 0 Å². The van der Waals surface area contributed by atoms with Gasteiger partial charge < -0.3 is 4.74 Å². The second kappa shape index (κ2) is 4.36. The predicted molar refractivity (Wildman–Crippen MR) is 72.9 cm³/mol. The molecule has 1 fully saturated rings. The summed E-state index contributed by atoms with van der Waals surface area (Å²) in [6, 6.07) is 6.61. The average Bonchev–Trinajstić information content (AvgIpc) is 2.99. The van der Waals surface area contributed by atoms with Gasteiger partial charge in [-0.25, -0.2) is 0 Å². The van der Waals surface area contributed by atoms with Crippen molar-refractivity contribution in [1.29, 1.82) is 0 Å². The van der Waals surface area contributed by atoms with Gasteiger partial charge in [0.05, 0.1) is 6.10 Å². The quantitative estimate of drug-likeness (QED) is 0.737. The van der Waals surface area contributed by atoms with E-state index in [1.807, 2.05) is 0 Å². The molecule has 0 aromatic heterocycles. The molecular weight excluding hydrogens is 208 g/mol. The number of rotatable bonds is 3. The highest BCUT2D eigenvalue weighted by molar-refractivity contribution is 5.41. The molecule has 0 aliphatic heterocycles. The molecule has 0 atom stereocenters. The Labute approximate surface area is 105 Å². The summed E-state index contributed by atoms with van der Waals surface area (Å²) >= 11 is 0. The van der Waals surface area contributed by atoms with Crippen LogP contribution in [0.4, 0.5) is 0 Å². The Morgan fingerprint density at radius 2 is 1.82 bits per heavy atom. The molecule has 0 saturated heterocycles. The van der Waals surface area contributed by atoms with E-state index < -0.39 is 0 Å². The number of hydrogen-bond donors (Lipinski definition) is 0. The number of benzene rings is 1. The Kier molecular flexibility index (Phi) is 3.20. The highest BCUT2D eigenvalue weighted by atomic mass is 16.5. The largest absolute Gasteiger partial charge is 0.490 e. The maximum Gasteiger partial charge on any atom is 0.120 e. The summed E-state index contributed by atoms with van der Waals surface area (Å²) in [5.41, 5.74) is 3.07. The maximum atomic E-state index is 5.88. The fourth-order valence-corrected chi connectivity index (χ4v) is 2.15. The first-order chi connectivity index (χ1) is 7.88. The molecule has 17 heavy (non-hydrogen) atoms. The summed E-state index contributed by atoms with van der Waals surface area (Å²) in [7, 11) is 0. The number of hydrogen-bond acceptors (Lipinski definition) is 1. The van der Waals surface area contributed by atoms with Gasteiger partial charge in [-0.1, -0.05) is 40.7 Å². The molecule has 2 rings (SSSR count). The molecule has 0 unspecified atom stereocenters. The lowest BCUT2D eigenvalue weighted by molar-refractivity contribution is 0.302. The van der Waals surface area contributed by atoms with Crippen LogP contribution in [0.2, 0.25) is 0 Å². The van der Waals surface area contributed by atoms with Crippen molar-refractivity contribution in [2.75, 3.05) is 0 Å². The Morgan fingerprint density at radius 3 is 2.29 bits per heavy atom. The Morgan fingerprint density at radius 1 is 1.18 bits per heavy atom. The Balaban J connectivity index is 2.33. The van der Waals surface area contributed by atoms with Gasteiger partial charge in [0, 0.05) is 0 Å². The third-order valence-electron chi connectivity index (χ3n) is 3.28. The fraction of sp³-hybridized carbons (Fsp3) is 0.625. The third kappa shape index (κ3) is 3.02. The molecule has 1 nitrogen and oxygen atoms in total. The van der Waals surface area contributed by atoms with Crippen LogP contribution >= 0.6 is 0 Å². The standard InChI is InChI=1S/C16H24O/c1-11(2)14-10-13(17-12-6-7-12)8-9-15(14)16(3,4)5/h8-12H,6-7H2,1-5H3. The van der Waals surface area contributed by atoms with E-state index in [9.17, 15) is 0 Å². The zero-order valence-corrected chi connectivity index (χ0v) is 11.7. The average molecular weight is 232 g/mol. The second-order valence-corrected chi connectivity index (χ2v) is 6.47. The van der Waals surface area contributed by atoms with Gasteiger partial charge in [0.25, 0.3) is 0 Å². The first-order valence-corrected chi connectivity index (χ1v) is 6.69. The zero-order valence-electron chi connectivity index (χ0n) is 11.7. The molecule has 1 aliphatic rings. The van der Waals surface area contributed by atoms with Crippen molar-refractivity contribution >= 4 is 0 Å². The molecule has 0 amide bonds. The van der Waals surface area contributed by atoms with Crippen LogP contribution in [-0.4, -0.2) is 6.10 Å². The minimum Gasteiger partial charge on any atom is -0.490 e. The summed E-state index contributed by atoms with van der Waals surface area (Å²) in [4.78, 5) is 0. The van der Waals surface area contributed by atoms with Gasteiger partial charge in [-0.3, -0.25) is 0 Å². The highest BCUT2D eigenvalue weighted by Crippen LogP contribution is 2.35. The fourth-order valence-electron chi connectivity index (χ4n) is 2.15. The smallest absolute Gasteiger partial charge is 0.120 e. The van der Waals surface area contributed by atoms with Crippen molar-refractivity contribution in [2.24, 2.45) is 0 Å². The predicted octanol–water partition coefficient (Wildman–Crippen LogP) is 4.65. The Hall–Kier alpha value is -0.980. The van der Waals surface area contributed by atoms with Gasteiger partial charge in [-0.15, -0.1) is 0 Å². The normalized spacial score (nSPS) is 16.4. The molecule has 1 aromatic rings. The van der Waals surface area contributed by atoms with E-state index in [1.165, 1.54) is 24.0 Å². The van der Waals surface area contributed by atoms with Crippen LogP contribution in [0.15, 0.2) is 18.2 Å². The molecule has 0 bridgehead atoms. The van der Waals surface area contributed by atoms with Crippen molar-refractivity contribution in [1.82, 2.24) is 0 Å². The molecule has 1 saturated carbocycles. The molecule has 0 radical (unpaired) electrons. The van der Waals surface area contributed by atoms with Crippen LogP contribution < -0.4 is 4.74 Å². The first-order valence-electron chi connectivity index (χ1n) is 6.69. The number of ether oxygens (including phenoxy) is 1. The van der Waals surface area contributed by atoms with Crippen LogP contribution in [0.1, 0.15) is 64.5 Å². The van der Waals surface area contributed by atoms with E-state index in [-0.39, 0.29) is 5.41 Å². The maximum absolute atomic E-state index is 5.88. The summed E-state index contributed by atoms with van der Waals surface area (Å²) in [5.74, 6) is 1.59. The Bertz CT molecular complexity index is 394. The van der Waals surface area contributed by atoms with Crippen molar-refractivity contribution in [3.63, 3.8) is 0 Å². The SMILES string of the molecule is CC(C)c1cc(OC2CC2)ccc1C(C)(C)C. The highest BCUT2D eigenvalue weighted by Gasteiger charge is 2.25. The van der Waals surface area contributed by atoms with Crippen LogP contribution in [-0.2, 0) is 5.41 Å². The van der Waals surface area contributed by atoms with Crippen molar-refractivity contribution < 1.29 is 4.74 Å². The molecule has 0 spiro atoms. The monoisotopic (exact) mass is 232 g/mol. The molecule has 1 heteroatoms. The lowest BCUT2D eigenvalue weighted by Gasteiger charge is -2.25. The van der Waals surface area contributed by atoms with E-state index in [4.69, 9.17) is 4.74 Å². The molecule has 1 aliphatic carbocycles. The van der Waals surface area contributed by atoms with Crippen molar-refractivity contribution in [2.45, 2.75) is 64.9 Å². The molecule has 0 heterocycles. The molecule has 0 N–H and O–H groups in total. The van der Waals surface area contributed by atoms with E-state index in [0.29, 0.717) is 12.0 Å². The van der Waals surface area contributed by atoms with Crippen LogP contribution in [0.25, 0.3) is 0 Å². The summed E-state index contributed by atoms with van der Waals surface area (Å²) < 4.78 is 5.88. The van der Waals surface area contributed by atoms with Gasteiger partial charge in [0.15, 0.2) is 0 Å². The van der Waals surface area contributed by atoms with E-state index in [1.54, 1.807) is 0 Å². The third-order valence-corrected chi connectivity index (χ3v) is 3.28. The summed E-state index contributed by atoms with van der Waals surface area (Å²) in [6.45, 7) is 11.3. The van der Waals surface area contributed by atoms with Crippen molar-refractivity contribution in [3.05, 3.63) is 29.3 Å². The van der Waals surface area contributed by atoms with Gasteiger partial charge in [-0.2, -0.15) is 0 Å². The van der Waals surface area contributed by atoms with E-state index in [0.717, 1.165) is 5.75 Å². The van der Waals surface area contributed by atoms with Crippen LogP contribution in [0.5, 0.6) is 5.75 Å². The van der Waals surface area contributed by atoms with Crippen LogP contribution in [0, 0.1) is 0 Å². The first kappa shape index (κ1) is 12.5. The summed E-state index contributed by atoms with van der Waals surface area (Å²) in [5, 5.41) is 0. The minimum absolute atomic E-state index is 0.206. The van der Waals surface area contributed by atoms with E-state index >= 15 is 0 Å². The van der Waals surface area contributed by atoms with Gasteiger partial charge in [0.1, 0.15) is 5.75 Å². The summed E-state index contributed by atoms with van der Waals surface area (Å²) in [6.07, 6.45) is 2.92. The van der Waals surface area contributed by atoms with Crippen molar-refractivity contribution in [3.8, 4) is 5.75 Å². The lowest BCUT2D eigenvalue weighted by atomic mass is 9.80. The van der Waals surface area contributed by atoms with Crippen LogP contribution in [0.3, 0.4) is 0 Å². The molecule has 94 valence electrons. The van der Waals surface area contributed by atoms with Gasteiger partial charge >= 0.3 is 0 Å². The molecule has 1 aromatic carbocycles. The zero-order chi connectivity index (χ0) is 12.6. The minimum atomic E-state index is 0.206. The second-order valence-electron chi connectivity index (χ2n) is 6.47. The topological polar surface area (TPSA) is 9.23 Å². The lowest BCUT2D eigenvalue weighted by Crippen LogP contribution is -2.15. The van der Waals surface area contributed by atoms with Gasteiger partial charge in [-0.05, 0) is 47.4 Å². The van der Waals surface area contributed by atoms with E-state index in [2.05, 4.69) is 52.8 Å². The molecular formula is C16H24O.